The smallest absolute Gasteiger partial charge is 0.346 e. The number of carbonyl (C=O) groups excluding carboxylic acids is 2. The van der Waals surface area contributed by atoms with Crippen molar-refractivity contribution in [1.82, 2.24) is 5.32 Å². The van der Waals surface area contributed by atoms with Crippen molar-refractivity contribution in [3.8, 4) is 11.5 Å². The molecule has 27 heavy (non-hydrogen) atoms. The number of rotatable bonds is 7. The minimum absolute atomic E-state index is 0.0721. The molecule has 0 spiro atoms. The second-order valence-corrected chi connectivity index (χ2v) is 6.37. The van der Waals surface area contributed by atoms with Gasteiger partial charge in [-0.05, 0) is 19.8 Å². The van der Waals surface area contributed by atoms with Crippen LogP contribution in [0.4, 0.5) is 5.69 Å². The van der Waals surface area contributed by atoms with Gasteiger partial charge in [-0.3, -0.25) is 14.9 Å². The van der Waals surface area contributed by atoms with Crippen LogP contribution in [0.25, 0.3) is 0 Å². The van der Waals surface area contributed by atoms with Crippen molar-refractivity contribution in [2.45, 2.75) is 51.2 Å². The lowest BCUT2D eigenvalue weighted by Gasteiger charge is -2.24. The lowest BCUT2D eigenvalue weighted by Crippen LogP contribution is -2.42. The zero-order valence-electron chi connectivity index (χ0n) is 15.6. The Bertz CT molecular complexity index is 714. The lowest BCUT2D eigenvalue weighted by atomic mass is 9.95. The molecule has 0 unspecified atom stereocenters. The molecule has 0 aromatic heterocycles. The number of nitrogens with one attached hydrogen (secondary N) is 1. The molecule has 1 aliphatic carbocycles. The number of nitrogens with zero attached hydrogens (tertiary/aromatic N) is 1. The minimum atomic E-state index is -1.08. The van der Waals surface area contributed by atoms with Crippen molar-refractivity contribution in [3.63, 3.8) is 0 Å². The van der Waals surface area contributed by atoms with Gasteiger partial charge in [-0.15, -0.1) is 0 Å². The monoisotopic (exact) mass is 380 g/mol. The molecule has 0 radical (unpaired) electrons. The van der Waals surface area contributed by atoms with E-state index >= 15 is 0 Å². The van der Waals surface area contributed by atoms with Crippen molar-refractivity contribution in [3.05, 3.63) is 27.8 Å². The Kier molecular flexibility index (Phi) is 6.98. The van der Waals surface area contributed by atoms with Crippen molar-refractivity contribution < 1.29 is 28.7 Å². The highest BCUT2D eigenvalue weighted by Crippen LogP contribution is 2.35. The Morgan fingerprint density at radius 1 is 1.15 bits per heavy atom. The van der Waals surface area contributed by atoms with E-state index in [4.69, 9.17) is 14.2 Å². The molecule has 0 bridgehead atoms. The van der Waals surface area contributed by atoms with Gasteiger partial charge < -0.3 is 19.5 Å². The molecule has 1 amide bonds. The Balaban J connectivity index is 2.13. The predicted molar refractivity (Wildman–Crippen MR) is 96.1 cm³/mol. The summed E-state index contributed by atoms with van der Waals surface area (Å²) in [6.45, 7) is 1.43. The molecule has 1 N–H and O–H groups in total. The number of carbonyl (C=O) groups is 2. The van der Waals surface area contributed by atoms with Crippen LogP contribution in [0.2, 0.25) is 0 Å². The van der Waals surface area contributed by atoms with Crippen molar-refractivity contribution >= 4 is 17.6 Å². The van der Waals surface area contributed by atoms with Gasteiger partial charge in [0.05, 0.1) is 25.2 Å². The normalized spacial score (nSPS) is 15.5. The van der Waals surface area contributed by atoms with Crippen LogP contribution >= 0.6 is 0 Å². The quantitative estimate of drug-likeness (QED) is 0.439. The zero-order chi connectivity index (χ0) is 20.0. The summed E-state index contributed by atoms with van der Waals surface area (Å²) < 4.78 is 15.3. The molecule has 0 aliphatic heterocycles. The van der Waals surface area contributed by atoms with Gasteiger partial charge in [0.25, 0.3) is 11.6 Å². The predicted octanol–water partition coefficient (Wildman–Crippen LogP) is 2.61. The molecule has 148 valence electrons. The van der Waals surface area contributed by atoms with E-state index in [1.807, 2.05) is 0 Å². The third-order valence-corrected chi connectivity index (χ3v) is 4.52. The first-order valence-corrected chi connectivity index (χ1v) is 8.79. The maximum Gasteiger partial charge on any atom is 0.346 e. The second-order valence-electron chi connectivity index (χ2n) is 6.37. The summed E-state index contributed by atoms with van der Waals surface area (Å²) in [5.41, 5.74) is -0.799. The molecule has 9 nitrogen and oxygen atoms in total. The first kappa shape index (κ1) is 20.5. The number of esters is 1. The van der Waals surface area contributed by atoms with E-state index in [-0.39, 0.29) is 23.1 Å². The van der Waals surface area contributed by atoms with Gasteiger partial charge in [-0.25, -0.2) is 4.79 Å². The van der Waals surface area contributed by atoms with Gasteiger partial charge in [0.1, 0.15) is 5.56 Å². The van der Waals surface area contributed by atoms with Crippen LogP contribution in [0.5, 0.6) is 11.5 Å². The van der Waals surface area contributed by atoms with Crippen LogP contribution in [-0.4, -0.2) is 43.2 Å². The van der Waals surface area contributed by atoms with E-state index in [0.717, 1.165) is 38.2 Å². The molecule has 1 aliphatic rings. The van der Waals surface area contributed by atoms with E-state index in [2.05, 4.69) is 5.32 Å². The highest BCUT2D eigenvalue weighted by molar-refractivity contribution is 5.96. The summed E-state index contributed by atoms with van der Waals surface area (Å²) in [5.74, 6) is -1.13. The zero-order valence-corrected chi connectivity index (χ0v) is 15.6. The third-order valence-electron chi connectivity index (χ3n) is 4.52. The number of hydrogen-bond donors (Lipinski definition) is 1. The Morgan fingerprint density at radius 3 is 2.30 bits per heavy atom. The fraction of sp³-hybridized carbons (Fsp3) is 0.556. The van der Waals surface area contributed by atoms with Crippen LogP contribution in [0.15, 0.2) is 12.1 Å². The molecule has 2 rings (SSSR count). The molecule has 1 aromatic carbocycles. The summed E-state index contributed by atoms with van der Waals surface area (Å²) in [7, 11) is 2.68. The number of ether oxygens (including phenoxy) is 3. The molecule has 0 saturated heterocycles. The standard InChI is InChI=1S/C18H24N2O7/c1-11(17(21)19-12-7-5-4-6-8-12)27-18(22)13-9-15(25-2)16(26-3)10-14(13)20(23)24/h9-12H,4-8H2,1-3H3,(H,19,21)/t11-/m1/s1. The molecule has 1 aromatic rings. The molecule has 1 fully saturated rings. The first-order chi connectivity index (χ1) is 12.9. The minimum Gasteiger partial charge on any atom is -0.493 e. The highest BCUT2D eigenvalue weighted by atomic mass is 16.6. The molecular weight excluding hydrogens is 356 g/mol. The van der Waals surface area contributed by atoms with Gasteiger partial charge in [0.2, 0.25) is 0 Å². The van der Waals surface area contributed by atoms with Gasteiger partial charge in [0.15, 0.2) is 17.6 Å². The average Bonchev–Trinajstić information content (AvgIpc) is 2.67. The molecule has 1 saturated carbocycles. The van der Waals surface area contributed by atoms with E-state index in [9.17, 15) is 19.7 Å². The number of nitro groups is 1. The maximum absolute atomic E-state index is 12.4. The number of nitro benzene ring substituents is 1. The largest absolute Gasteiger partial charge is 0.493 e. The lowest BCUT2D eigenvalue weighted by molar-refractivity contribution is -0.385. The summed E-state index contributed by atoms with van der Waals surface area (Å²) in [6.07, 6.45) is 3.97. The number of hydrogen-bond acceptors (Lipinski definition) is 7. The Labute approximate surface area is 157 Å². The number of amides is 1. The topological polar surface area (TPSA) is 117 Å². The summed E-state index contributed by atoms with van der Waals surface area (Å²) >= 11 is 0. The fourth-order valence-electron chi connectivity index (χ4n) is 3.03. The first-order valence-electron chi connectivity index (χ1n) is 8.79. The van der Waals surface area contributed by atoms with Crippen molar-refractivity contribution in [2.75, 3.05) is 14.2 Å². The molecule has 0 heterocycles. The van der Waals surface area contributed by atoms with Gasteiger partial charge >= 0.3 is 5.97 Å². The fourth-order valence-corrected chi connectivity index (χ4v) is 3.03. The molecule has 1 atom stereocenters. The van der Waals surface area contributed by atoms with Crippen LogP contribution in [0.1, 0.15) is 49.4 Å². The maximum atomic E-state index is 12.4. The van der Waals surface area contributed by atoms with Crippen LogP contribution < -0.4 is 14.8 Å². The van der Waals surface area contributed by atoms with E-state index in [1.54, 1.807) is 0 Å². The third kappa shape index (κ3) is 5.08. The van der Waals surface area contributed by atoms with E-state index in [0.29, 0.717) is 0 Å². The summed E-state index contributed by atoms with van der Waals surface area (Å²) in [4.78, 5) is 35.3. The van der Waals surface area contributed by atoms with Gasteiger partial charge in [-0.1, -0.05) is 19.3 Å². The summed E-state index contributed by atoms with van der Waals surface area (Å²) in [5, 5.41) is 14.2. The number of benzene rings is 1. The van der Waals surface area contributed by atoms with Gasteiger partial charge in [0, 0.05) is 12.1 Å². The Morgan fingerprint density at radius 2 is 1.74 bits per heavy atom. The Hall–Kier alpha value is -2.84. The van der Waals surface area contributed by atoms with E-state index in [1.165, 1.54) is 27.2 Å². The van der Waals surface area contributed by atoms with Crippen LogP contribution in [-0.2, 0) is 9.53 Å². The molecular formula is C18H24N2O7. The number of methoxy groups -OCH3 is 2. The SMILES string of the molecule is COc1cc(C(=O)O[C@H](C)C(=O)NC2CCCCC2)c([N+](=O)[O-])cc1OC. The van der Waals surface area contributed by atoms with Gasteiger partial charge in [-0.2, -0.15) is 0 Å². The molecule has 9 heteroatoms. The van der Waals surface area contributed by atoms with Crippen molar-refractivity contribution in [1.29, 1.82) is 0 Å². The van der Waals surface area contributed by atoms with Crippen molar-refractivity contribution in [2.24, 2.45) is 0 Å². The van der Waals surface area contributed by atoms with Crippen LogP contribution in [0, 0.1) is 10.1 Å². The summed E-state index contributed by atoms with van der Waals surface area (Å²) in [6, 6.07) is 2.33. The van der Waals surface area contributed by atoms with Crippen LogP contribution in [0.3, 0.4) is 0 Å². The average molecular weight is 380 g/mol. The second kappa shape index (κ2) is 9.20. The van der Waals surface area contributed by atoms with E-state index < -0.39 is 28.6 Å². The highest BCUT2D eigenvalue weighted by Gasteiger charge is 2.29.